The van der Waals surface area contributed by atoms with Crippen molar-refractivity contribution in [3.63, 3.8) is 0 Å². The summed E-state index contributed by atoms with van der Waals surface area (Å²) in [6.07, 6.45) is 5.04. The lowest BCUT2D eigenvalue weighted by molar-refractivity contribution is -0.135. The van der Waals surface area contributed by atoms with E-state index in [1.54, 1.807) is 0 Å². The van der Waals surface area contributed by atoms with Gasteiger partial charge in [0, 0.05) is 19.6 Å². The van der Waals surface area contributed by atoms with E-state index in [1.165, 1.54) is 19.3 Å². The number of nitrogens with zero attached hydrogens (tertiary/aromatic N) is 1. The molecule has 1 N–H and O–H groups in total. The summed E-state index contributed by atoms with van der Waals surface area (Å²) in [6, 6.07) is 0. The Morgan fingerprint density at radius 2 is 2.20 bits per heavy atom. The minimum atomic E-state index is 0.255. The van der Waals surface area contributed by atoms with E-state index in [2.05, 4.69) is 17.1 Å². The first-order valence-corrected chi connectivity index (χ1v) is 6.30. The molecule has 0 spiro atoms. The largest absolute Gasteiger partial charge is 0.342 e. The van der Waals surface area contributed by atoms with Crippen molar-refractivity contribution in [2.75, 3.05) is 26.2 Å². The van der Waals surface area contributed by atoms with Crippen LogP contribution in [-0.4, -0.2) is 37.0 Å². The molecule has 1 heterocycles. The Bertz CT molecular complexity index is 220. The van der Waals surface area contributed by atoms with Crippen LogP contribution in [0.1, 0.15) is 32.6 Å². The summed E-state index contributed by atoms with van der Waals surface area (Å²) < 4.78 is 0. The number of rotatable bonds is 4. The lowest BCUT2D eigenvalue weighted by Crippen LogP contribution is -2.41. The Morgan fingerprint density at radius 1 is 1.40 bits per heavy atom. The van der Waals surface area contributed by atoms with Gasteiger partial charge in [-0.3, -0.25) is 4.79 Å². The van der Waals surface area contributed by atoms with Crippen LogP contribution in [0.25, 0.3) is 0 Å². The first-order chi connectivity index (χ1) is 7.31. The topological polar surface area (TPSA) is 32.3 Å². The molecule has 2 aliphatic rings. The van der Waals surface area contributed by atoms with Crippen molar-refractivity contribution in [1.82, 2.24) is 10.2 Å². The van der Waals surface area contributed by atoms with Crippen molar-refractivity contribution < 1.29 is 4.79 Å². The van der Waals surface area contributed by atoms with Crippen molar-refractivity contribution in [1.29, 1.82) is 0 Å². The summed E-state index contributed by atoms with van der Waals surface area (Å²) >= 11 is 0. The summed E-state index contributed by atoms with van der Waals surface area (Å²) in [6.45, 7) is 5.88. The van der Waals surface area contributed by atoms with Gasteiger partial charge in [0.25, 0.3) is 0 Å². The number of amides is 1. The van der Waals surface area contributed by atoms with Gasteiger partial charge >= 0.3 is 0 Å². The highest BCUT2D eigenvalue weighted by atomic mass is 16.2. The molecular weight excluding hydrogens is 188 g/mol. The van der Waals surface area contributed by atoms with Gasteiger partial charge in [0.1, 0.15) is 0 Å². The van der Waals surface area contributed by atoms with Crippen LogP contribution in [-0.2, 0) is 4.79 Å². The molecule has 1 saturated carbocycles. The molecule has 3 nitrogen and oxygen atoms in total. The van der Waals surface area contributed by atoms with Gasteiger partial charge in [-0.15, -0.1) is 0 Å². The molecule has 86 valence electrons. The fourth-order valence-corrected chi connectivity index (χ4v) is 2.49. The van der Waals surface area contributed by atoms with E-state index < -0.39 is 0 Å². The minimum Gasteiger partial charge on any atom is -0.342 e. The summed E-state index contributed by atoms with van der Waals surface area (Å²) in [7, 11) is 0. The maximum atomic E-state index is 12.1. The molecule has 3 heteroatoms. The Balaban J connectivity index is 1.83. The summed E-state index contributed by atoms with van der Waals surface area (Å²) in [5.74, 6) is 1.43. The number of hydrogen-bond acceptors (Lipinski definition) is 2. The standard InChI is InChI=1S/C12H22N2O/c1-2-14(9-10-4-3-5-10)12(15)11-6-7-13-8-11/h10-11,13H,2-9H2,1H3. The SMILES string of the molecule is CCN(CC1CCC1)C(=O)C1CCNC1. The fourth-order valence-electron chi connectivity index (χ4n) is 2.49. The predicted octanol–water partition coefficient (Wildman–Crippen LogP) is 1.24. The van der Waals surface area contributed by atoms with Crippen LogP contribution in [0, 0.1) is 11.8 Å². The average Bonchev–Trinajstić information content (AvgIpc) is 2.68. The van der Waals surface area contributed by atoms with E-state index in [0.717, 1.165) is 38.5 Å². The van der Waals surface area contributed by atoms with Gasteiger partial charge in [-0.2, -0.15) is 0 Å². The van der Waals surface area contributed by atoms with E-state index in [1.807, 2.05) is 0 Å². The quantitative estimate of drug-likeness (QED) is 0.757. The van der Waals surface area contributed by atoms with Gasteiger partial charge in [-0.25, -0.2) is 0 Å². The smallest absolute Gasteiger partial charge is 0.227 e. The van der Waals surface area contributed by atoms with Gasteiger partial charge in [0.2, 0.25) is 5.91 Å². The van der Waals surface area contributed by atoms with Crippen LogP contribution in [0.3, 0.4) is 0 Å². The third-order valence-electron chi connectivity index (χ3n) is 3.81. The molecule has 1 aliphatic heterocycles. The zero-order valence-corrected chi connectivity index (χ0v) is 9.67. The van der Waals surface area contributed by atoms with Crippen molar-refractivity contribution >= 4 is 5.91 Å². The van der Waals surface area contributed by atoms with Crippen LogP contribution in [0.2, 0.25) is 0 Å². The maximum Gasteiger partial charge on any atom is 0.227 e. The molecule has 1 amide bonds. The second-order valence-corrected chi connectivity index (χ2v) is 4.86. The van der Waals surface area contributed by atoms with Crippen molar-refractivity contribution in [3.8, 4) is 0 Å². The summed E-state index contributed by atoms with van der Waals surface area (Å²) in [5.41, 5.74) is 0. The van der Waals surface area contributed by atoms with Gasteiger partial charge < -0.3 is 10.2 Å². The third kappa shape index (κ3) is 2.51. The third-order valence-corrected chi connectivity index (χ3v) is 3.81. The normalized spacial score (nSPS) is 26.3. The molecule has 1 atom stereocenters. The molecular formula is C12H22N2O. The number of hydrogen-bond donors (Lipinski definition) is 1. The monoisotopic (exact) mass is 210 g/mol. The van der Waals surface area contributed by atoms with Gasteiger partial charge in [0.15, 0.2) is 0 Å². The van der Waals surface area contributed by atoms with Crippen molar-refractivity contribution in [2.24, 2.45) is 11.8 Å². The Morgan fingerprint density at radius 3 is 2.67 bits per heavy atom. The van der Waals surface area contributed by atoms with Gasteiger partial charge in [-0.05, 0) is 38.6 Å². The highest BCUT2D eigenvalue weighted by Gasteiger charge is 2.29. The summed E-state index contributed by atoms with van der Waals surface area (Å²) in [4.78, 5) is 14.2. The number of nitrogens with one attached hydrogen (secondary N) is 1. The molecule has 2 rings (SSSR count). The van der Waals surface area contributed by atoms with E-state index in [4.69, 9.17) is 0 Å². The first kappa shape index (κ1) is 10.9. The molecule has 0 bridgehead atoms. The zero-order valence-electron chi connectivity index (χ0n) is 9.67. The molecule has 0 radical (unpaired) electrons. The molecule has 1 unspecified atom stereocenters. The molecule has 1 aliphatic carbocycles. The summed E-state index contributed by atoms with van der Waals surface area (Å²) in [5, 5.41) is 3.27. The van der Waals surface area contributed by atoms with Gasteiger partial charge in [0.05, 0.1) is 5.92 Å². The number of carbonyl (C=O) groups excluding carboxylic acids is 1. The van der Waals surface area contributed by atoms with E-state index >= 15 is 0 Å². The van der Waals surface area contributed by atoms with E-state index in [-0.39, 0.29) is 5.92 Å². The van der Waals surface area contributed by atoms with Crippen molar-refractivity contribution in [2.45, 2.75) is 32.6 Å². The van der Waals surface area contributed by atoms with Crippen LogP contribution >= 0.6 is 0 Å². The predicted molar refractivity (Wildman–Crippen MR) is 60.6 cm³/mol. The maximum absolute atomic E-state index is 12.1. The highest BCUT2D eigenvalue weighted by molar-refractivity contribution is 5.79. The second-order valence-electron chi connectivity index (χ2n) is 4.86. The average molecular weight is 210 g/mol. The van der Waals surface area contributed by atoms with Crippen molar-refractivity contribution in [3.05, 3.63) is 0 Å². The number of carbonyl (C=O) groups is 1. The highest BCUT2D eigenvalue weighted by Crippen LogP contribution is 2.27. The Kier molecular flexibility index (Phi) is 3.62. The molecule has 0 aromatic rings. The Labute approximate surface area is 92.2 Å². The Hall–Kier alpha value is -0.570. The van der Waals surface area contributed by atoms with Crippen LogP contribution in [0.15, 0.2) is 0 Å². The fraction of sp³-hybridized carbons (Fsp3) is 0.917. The molecule has 15 heavy (non-hydrogen) atoms. The van der Waals surface area contributed by atoms with E-state index in [0.29, 0.717) is 5.91 Å². The van der Waals surface area contributed by atoms with Gasteiger partial charge in [-0.1, -0.05) is 6.42 Å². The molecule has 0 aromatic carbocycles. The van der Waals surface area contributed by atoms with Crippen LogP contribution in [0.5, 0.6) is 0 Å². The van der Waals surface area contributed by atoms with E-state index in [9.17, 15) is 4.79 Å². The first-order valence-electron chi connectivity index (χ1n) is 6.30. The molecule has 1 saturated heterocycles. The lowest BCUT2D eigenvalue weighted by atomic mass is 9.85. The zero-order chi connectivity index (χ0) is 10.7. The molecule has 2 fully saturated rings. The van der Waals surface area contributed by atoms with Crippen LogP contribution < -0.4 is 5.32 Å². The molecule has 0 aromatic heterocycles. The minimum absolute atomic E-state index is 0.255. The second kappa shape index (κ2) is 4.97. The van der Waals surface area contributed by atoms with Crippen LogP contribution in [0.4, 0.5) is 0 Å². The lowest BCUT2D eigenvalue weighted by Gasteiger charge is -2.33.